The minimum atomic E-state index is -0.114. The number of hydrogen-bond donors (Lipinski definition) is 1. The van der Waals surface area contributed by atoms with E-state index in [2.05, 4.69) is 10.5 Å². The summed E-state index contributed by atoms with van der Waals surface area (Å²) in [5, 5.41) is 6.92. The molecule has 1 unspecified atom stereocenters. The van der Waals surface area contributed by atoms with Crippen molar-refractivity contribution in [3.05, 3.63) is 17.0 Å². The van der Waals surface area contributed by atoms with Crippen LogP contribution in [0.25, 0.3) is 0 Å². The van der Waals surface area contributed by atoms with Crippen molar-refractivity contribution in [3.63, 3.8) is 0 Å². The highest BCUT2D eigenvalue weighted by atomic mass is 16.5. The standard InChI is InChI=1S/C13H18N2O3/c16-13(14-9-4-3-7-17-8-9)12-10-5-1-2-6-11(10)18-15-12/h9H,1-8H2,(H,14,16). The third-order valence-corrected chi connectivity index (χ3v) is 3.66. The summed E-state index contributed by atoms with van der Waals surface area (Å²) in [4.78, 5) is 12.2. The summed E-state index contributed by atoms with van der Waals surface area (Å²) in [5.74, 6) is 0.781. The minimum Gasteiger partial charge on any atom is -0.379 e. The number of aryl methyl sites for hydroxylation is 1. The highest BCUT2D eigenvalue weighted by Gasteiger charge is 2.26. The number of hydrogen-bond acceptors (Lipinski definition) is 4. The van der Waals surface area contributed by atoms with E-state index in [1.165, 1.54) is 0 Å². The van der Waals surface area contributed by atoms with Gasteiger partial charge in [0.1, 0.15) is 5.76 Å². The molecule has 98 valence electrons. The largest absolute Gasteiger partial charge is 0.379 e. The van der Waals surface area contributed by atoms with Crippen LogP contribution < -0.4 is 5.32 Å². The van der Waals surface area contributed by atoms with Gasteiger partial charge in [-0.15, -0.1) is 0 Å². The van der Waals surface area contributed by atoms with Crippen molar-refractivity contribution in [3.8, 4) is 0 Å². The molecule has 18 heavy (non-hydrogen) atoms. The quantitative estimate of drug-likeness (QED) is 0.863. The Labute approximate surface area is 106 Å². The van der Waals surface area contributed by atoms with Gasteiger partial charge >= 0.3 is 0 Å². The summed E-state index contributed by atoms with van der Waals surface area (Å²) in [7, 11) is 0. The van der Waals surface area contributed by atoms with Crippen molar-refractivity contribution in [2.24, 2.45) is 0 Å². The Morgan fingerprint density at radius 1 is 1.28 bits per heavy atom. The number of fused-ring (bicyclic) bond motifs is 1. The number of carbonyl (C=O) groups excluding carboxylic acids is 1. The Balaban J connectivity index is 1.70. The minimum absolute atomic E-state index is 0.113. The van der Waals surface area contributed by atoms with Gasteiger partial charge in [0.05, 0.1) is 12.6 Å². The topological polar surface area (TPSA) is 64.4 Å². The van der Waals surface area contributed by atoms with Crippen LogP contribution in [0.15, 0.2) is 4.52 Å². The van der Waals surface area contributed by atoms with Gasteiger partial charge in [0.25, 0.3) is 5.91 Å². The second-order valence-electron chi connectivity index (χ2n) is 5.03. The van der Waals surface area contributed by atoms with Crippen molar-refractivity contribution in [1.82, 2.24) is 10.5 Å². The van der Waals surface area contributed by atoms with Crippen molar-refractivity contribution < 1.29 is 14.1 Å². The van der Waals surface area contributed by atoms with Gasteiger partial charge in [-0.1, -0.05) is 5.16 Å². The van der Waals surface area contributed by atoms with Crippen LogP contribution in [-0.4, -0.2) is 30.3 Å². The zero-order valence-corrected chi connectivity index (χ0v) is 10.4. The Hall–Kier alpha value is -1.36. The molecule has 2 heterocycles. The van der Waals surface area contributed by atoms with E-state index in [1.807, 2.05) is 0 Å². The van der Waals surface area contributed by atoms with Crippen molar-refractivity contribution >= 4 is 5.91 Å². The molecule has 1 fully saturated rings. The lowest BCUT2D eigenvalue weighted by molar-refractivity contribution is 0.0620. The maximum atomic E-state index is 12.2. The summed E-state index contributed by atoms with van der Waals surface area (Å²) < 4.78 is 10.6. The molecule has 1 aromatic heterocycles. The molecular formula is C13H18N2O3. The van der Waals surface area contributed by atoms with Gasteiger partial charge in [0.15, 0.2) is 5.69 Å². The number of nitrogens with one attached hydrogen (secondary N) is 1. The predicted molar refractivity (Wildman–Crippen MR) is 64.5 cm³/mol. The molecular weight excluding hydrogens is 232 g/mol. The summed E-state index contributed by atoms with van der Waals surface area (Å²) in [6, 6.07) is 0.113. The van der Waals surface area contributed by atoms with E-state index >= 15 is 0 Å². The molecule has 1 atom stereocenters. The normalized spacial score (nSPS) is 23.4. The molecule has 3 rings (SSSR count). The number of nitrogens with zero attached hydrogens (tertiary/aromatic N) is 1. The molecule has 1 saturated heterocycles. The van der Waals surface area contributed by atoms with E-state index in [9.17, 15) is 4.79 Å². The van der Waals surface area contributed by atoms with Crippen molar-refractivity contribution in [2.75, 3.05) is 13.2 Å². The van der Waals surface area contributed by atoms with E-state index in [0.29, 0.717) is 12.3 Å². The molecule has 1 aliphatic heterocycles. The molecule has 0 saturated carbocycles. The second kappa shape index (κ2) is 5.10. The summed E-state index contributed by atoms with van der Waals surface area (Å²) in [5.41, 5.74) is 1.49. The molecule has 0 aromatic carbocycles. The maximum absolute atomic E-state index is 12.2. The Kier molecular flexibility index (Phi) is 3.32. The SMILES string of the molecule is O=C(NC1CCCOC1)c1noc2c1CCCC2. The van der Waals surface area contributed by atoms with Gasteiger partial charge in [-0.25, -0.2) is 0 Å². The van der Waals surface area contributed by atoms with E-state index in [0.717, 1.165) is 56.5 Å². The third-order valence-electron chi connectivity index (χ3n) is 3.66. The molecule has 0 radical (unpaired) electrons. The first kappa shape index (κ1) is 11.7. The van der Waals surface area contributed by atoms with Gasteiger partial charge in [0.2, 0.25) is 0 Å². The Morgan fingerprint density at radius 3 is 3.00 bits per heavy atom. The average molecular weight is 250 g/mol. The van der Waals surface area contributed by atoms with E-state index in [-0.39, 0.29) is 11.9 Å². The fourth-order valence-corrected chi connectivity index (χ4v) is 2.67. The predicted octanol–water partition coefficient (Wildman–Crippen LogP) is 1.46. The van der Waals surface area contributed by atoms with Gasteiger partial charge in [0, 0.05) is 18.6 Å². The lowest BCUT2D eigenvalue weighted by Gasteiger charge is -2.22. The Morgan fingerprint density at radius 2 is 2.17 bits per heavy atom. The summed E-state index contributed by atoms with van der Waals surface area (Å²) in [6.45, 7) is 1.40. The molecule has 5 heteroatoms. The van der Waals surface area contributed by atoms with Crippen LogP contribution in [-0.2, 0) is 17.6 Å². The lowest BCUT2D eigenvalue weighted by atomic mass is 9.96. The summed E-state index contributed by atoms with van der Waals surface area (Å²) in [6.07, 6.45) is 6.03. The highest BCUT2D eigenvalue weighted by Crippen LogP contribution is 2.24. The molecule has 2 aliphatic rings. The monoisotopic (exact) mass is 250 g/mol. The zero-order valence-electron chi connectivity index (χ0n) is 10.4. The van der Waals surface area contributed by atoms with Crippen LogP contribution in [0.5, 0.6) is 0 Å². The number of rotatable bonds is 2. The molecule has 1 N–H and O–H groups in total. The zero-order chi connectivity index (χ0) is 12.4. The van der Waals surface area contributed by atoms with E-state index in [1.54, 1.807) is 0 Å². The molecule has 0 spiro atoms. The van der Waals surface area contributed by atoms with Crippen LogP contribution in [0.1, 0.15) is 47.5 Å². The number of carbonyl (C=O) groups is 1. The van der Waals surface area contributed by atoms with Gasteiger partial charge in [-0.3, -0.25) is 4.79 Å². The van der Waals surface area contributed by atoms with Crippen LogP contribution >= 0.6 is 0 Å². The first-order valence-corrected chi connectivity index (χ1v) is 6.70. The maximum Gasteiger partial charge on any atom is 0.274 e. The summed E-state index contributed by atoms with van der Waals surface area (Å²) >= 11 is 0. The molecule has 0 bridgehead atoms. The van der Waals surface area contributed by atoms with Gasteiger partial charge in [-0.05, 0) is 32.1 Å². The van der Waals surface area contributed by atoms with Gasteiger partial charge < -0.3 is 14.6 Å². The van der Waals surface area contributed by atoms with Crippen molar-refractivity contribution in [1.29, 1.82) is 0 Å². The van der Waals surface area contributed by atoms with Crippen LogP contribution in [0, 0.1) is 0 Å². The first-order valence-electron chi connectivity index (χ1n) is 6.70. The lowest BCUT2D eigenvalue weighted by Crippen LogP contribution is -2.41. The molecule has 1 aliphatic carbocycles. The second-order valence-corrected chi connectivity index (χ2v) is 5.03. The molecule has 5 nitrogen and oxygen atoms in total. The highest BCUT2D eigenvalue weighted by molar-refractivity contribution is 5.94. The fourth-order valence-electron chi connectivity index (χ4n) is 2.67. The van der Waals surface area contributed by atoms with Crippen LogP contribution in [0.4, 0.5) is 0 Å². The number of aromatic nitrogens is 1. The first-order chi connectivity index (χ1) is 8.84. The average Bonchev–Trinajstić information content (AvgIpc) is 2.84. The molecule has 1 aromatic rings. The van der Waals surface area contributed by atoms with E-state index in [4.69, 9.17) is 9.26 Å². The number of amides is 1. The third kappa shape index (κ3) is 2.27. The van der Waals surface area contributed by atoms with Gasteiger partial charge in [-0.2, -0.15) is 0 Å². The van der Waals surface area contributed by atoms with Crippen LogP contribution in [0.2, 0.25) is 0 Å². The van der Waals surface area contributed by atoms with Crippen molar-refractivity contribution in [2.45, 2.75) is 44.6 Å². The fraction of sp³-hybridized carbons (Fsp3) is 0.692. The van der Waals surface area contributed by atoms with E-state index < -0.39 is 0 Å². The Bertz CT molecular complexity index is 435. The smallest absolute Gasteiger partial charge is 0.274 e. The van der Waals surface area contributed by atoms with Crippen LogP contribution in [0.3, 0.4) is 0 Å². The number of ether oxygens (including phenoxy) is 1. The molecule has 1 amide bonds.